The van der Waals surface area contributed by atoms with E-state index in [1.165, 1.54) is 52.1 Å². The summed E-state index contributed by atoms with van der Waals surface area (Å²) in [6.45, 7) is 9.73. The third-order valence-electron chi connectivity index (χ3n) is 2.97. The van der Waals surface area contributed by atoms with Crippen molar-refractivity contribution in [2.45, 2.75) is 19.8 Å². The Morgan fingerprint density at radius 2 is 2.20 bits per heavy atom. The average molecular weight is 213 g/mol. The molecule has 0 aromatic carbocycles. The van der Waals surface area contributed by atoms with Crippen LogP contribution in [0.2, 0.25) is 0 Å². The molecule has 0 amide bonds. The molecule has 3 heteroatoms. The fraction of sp³-hybridized carbons (Fsp3) is 1.00. The van der Waals surface area contributed by atoms with Gasteiger partial charge in [0.2, 0.25) is 0 Å². The first kappa shape index (κ1) is 12.9. The molecular weight excluding hydrogens is 186 g/mol. The summed E-state index contributed by atoms with van der Waals surface area (Å²) in [5.74, 6) is 0.796. The van der Waals surface area contributed by atoms with Gasteiger partial charge in [-0.15, -0.1) is 0 Å². The summed E-state index contributed by atoms with van der Waals surface area (Å²) in [5, 5.41) is 3.50. The zero-order chi connectivity index (χ0) is 11.1. The van der Waals surface area contributed by atoms with Gasteiger partial charge in [-0.25, -0.2) is 0 Å². The van der Waals surface area contributed by atoms with Gasteiger partial charge in [0.05, 0.1) is 0 Å². The second kappa shape index (κ2) is 7.20. The smallest absolute Gasteiger partial charge is 0.00192 e. The largest absolute Gasteiger partial charge is 0.316 e. The molecule has 1 fully saturated rings. The molecule has 3 nitrogen and oxygen atoms in total. The molecule has 1 heterocycles. The van der Waals surface area contributed by atoms with Gasteiger partial charge in [0, 0.05) is 6.54 Å². The van der Waals surface area contributed by atoms with Crippen molar-refractivity contribution < 1.29 is 0 Å². The SMILES string of the molecule is CC1CNCCCN(CCCN(C)C)C1. The highest BCUT2D eigenvalue weighted by molar-refractivity contribution is 4.69. The molecule has 1 aliphatic heterocycles. The van der Waals surface area contributed by atoms with Crippen LogP contribution in [0.5, 0.6) is 0 Å². The van der Waals surface area contributed by atoms with Gasteiger partial charge in [-0.2, -0.15) is 0 Å². The summed E-state index contributed by atoms with van der Waals surface area (Å²) >= 11 is 0. The van der Waals surface area contributed by atoms with E-state index in [-0.39, 0.29) is 0 Å². The van der Waals surface area contributed by atoms with Crippen molar-refractivity contribution in [2.75, 3.05) is 53.4 Å². The summed E-state index contributed by atoms with van der Waals surface area (Å²) in [4.78, 5) is 4.91. The first-order chi connectivity index (χ1) is 7.18. The maximum Gasteiger partial charge on any atom is 0.00192 e. The van der Waals surface area contributed by atoms with E-state index in [4.69, 9.17) is 0 Å². The highest BCUT2D eigenvalue weighted by Gasteiger charge is 2.12. The van der Waals surface area contributed by atoms with E-state index in [2.05, 4.69) is 36.1 Å². The van der Waals surface area contributed by atoms with Crippen molar-refractivity contribution in [3.05, 3.63) is 0 Å². The van der Waals surface area contributed by atoms with Crippen LogP contribution in [-0.4, -0.2) is 63.2 Å². The maximum absolute atomic E-state index is 3.50. The minimum atomic E-state index is 0.796. The maximum atomic E-state index is 3.50. The molecule has 1 N–H and O–H groups in total. The molecule has 90 valence electrons. The lowest BCUT2D eigenvalue weighted by molar-refractivity contribution is 0.207. The third kappa shape index (κ3) is 6.13. The Hall–Kier alpha value is -0.120. The highest BCUT2D eigenvalue weighted by Crippen LogP contribution is 2.04. The van der Waals surface area contributed by atoms with Crippen LogP contribution in [-0.2, 0) is 0 Å². The van der Waals surface area contributed by atoms with Gasteiger partial charge < -0.3 is 15.1 Å². The van der Waals surface area contributed by atoms with Crippen LogP contribution in [0, 0.1) is 5.92 Å². The van der Waals surface area contributed by atoms with E-state index in [1.54, 1.807) is 0 Å². The lowest BCUT2D eigenvalue weighted by Crippen LogP contribution is -2.39. The lowest BCUT2D eigenvalue weighted by Gasteiger charge is -2.28. The molecule has 0 aromatic rings. The van der Waals surface area contributed by atoms with Crippen LogP contribution in [0.15, 0.2) is 0 Å². The number of rotatable bonds is 4. The Morgan fingerprint density at radius 1 is 1.40 bits per heavy atom. The van der Waals surface area contributed by atoms with Crippen molar-refractivity contribution in [2.24, 2.45) is 5.92 Å². The first-order valence-corrected chi connectivity index (χ1v) is 6.26. The van der Waals surface area contributed by atoms with Crippen LogP contribution in [0.25, 0.3) is 0 Å². The van der Waals surface area contributed by atoms with Crippen LogP contribution in [0.3, 0.4) is 0 Å². The molecule has 0 saturated carbocycles. The van der Waals surface area contributed by atoms with Gasteiger partial charge in [-0.05, 0) is 65.6 Å². The number of nitrogens with zero attached hydrogens (tertiary/aromatic N) is 2. The van der Waals surface area contributed by atoms with Gasteiger partial charge >= 0.3 is 0 Å². The van der Waals surface area contributed by atoms with Crippen molar-refractivity contribution in [1.82, 2.24) is 15.1 Å². The second-order valence-electron chi connectivity index (χ2n) is 5.12. The Kier molecular flexibility index (Phi) is 6.22. The zero-order valence-corrected chi connectivity index (χ0v) is 10.6. The van der Waals surface area contributed by atoms with Crippen LogP contribution in [0.4, 0.5) is 0 Å². The highest BCUT2D eigenvalue weighted by atomic mass is 15.1. The Bertz CT molecular complexity index is 159. The van der Waals surface area contributed by atoms with Crippen LogP contribution < -0.4 is 5.32 Å². The van der Waals surface area contributed by atoms with E-state index >= 15 is 0 Å². The molecule has 1 unspecified atom stereocenters. The predicted octanol–water partition coefficient (Wildman–Crippen LogP) is 0.870. The van der Waals surface area contributed by atoms with Gasteiger partial charge in [-0.3, -0.25) is 0 Å². The Labute approximate surface area is 94.8 Å². The van der Waals surface area contributed by atoms with Gasteiger partial charge in [-0.1, -0.05) is 6.92 Å². The molecule has 0 aliphatic carbocycles. The van der Waals surface area contributed by atoms with E-state index < -0.39 is 0 Å². The Balaban J connectivity index is 2.18. The second-order valence-corrected chi connectivity index (χ2v) is 5.12. The topological polar surface area (TPSA) is 18.5 Å². The molecule has 1 atom stereocenters. The fourth-order valence-electron chi connectivity index (χ4n) is 2.19. The Morgan fingerprint density at radius 3 is 2.93 bits per heavy atom. The van der Waals surface area contributed by atoms with E-state index in [0.29, 0.717) is 0 Å². The van der Waals surface area contributed by atoms with Crippen molar-refractivity contribution in [3.63, 3.8) is 0 Å². The van der Waals surface area contributed by atoms with Crippen molar-refractivity contribution in [1.29, 1.82) is 0 Å². The standard InChI is InChI=1S/C12H27N3/c1-12-10-13-6-4-8-15(11-12)9-5-7-14(2)3/h12-13H,4-11H2,1-3H3. The molecule has 0 radical (unpaired) electrons. The van der Waals surface area contributed by atoms with Gasteiger partial charge in [0.15, 0.2) is 0 Å². The third-order valence-corrected chi connectivity index (χ3v) is 2.97. The molecule has 1 aliphatic rings. The van der Waals surface area contributed by atoms with Gasteiger partial charge in [0.25, 0.3) is 0 Å². The molecule has 1 rings (SSSR count). The molecule has 15 heavy (non-hydrogen) atoms. The summed E-state index contributed by atoms with van der Waals surface area (Å²) in [6, 6.07) is 0. The number of nitrogens with one attached hydrogen (secondary N) is 1. The molecule has 0 aromatic heterocycles. The fourth-order valence-corrected chi connectivity index (χ4v) is 2.19. The van der Waals surface area contributed by atoms with E-state index in [1.807, 2.05) is 0 Å². The average Bonchev–Trinajstić information content (AvgIpc) is 2.12. The summed E-state index contributed by atoms with van der Waals surface area (Å²) < 4.78 is 0. The summed E-state index contributed by atoms with van der Waals surface area (Å²) in [5.41, 5.74) is 0. The molecule has 0 spiro atoms. The number of hydrogen-bond donors (Lipinski definition) is 1. The molecule has 1 saturated heterocycles. The predicted molar refractivity (Wildman–Crippen MR) is 66.3 cm³/mol. The zero-order valence-electron chi connectivity index (χ0n) is 10.6. The first-order valence-electron chi connectivity index (χ1n) is 6.26. The van der Waals surface area contributed by atoms with Crippen molar-refractivity contribution >= 4 is 0 Å². The van der Waals surface area contributed by atoms with E-state index in [9.17, 15) is 0 Å². The minimum Gasteiger partial charge on any atom is -0.316 e. The lowest BCUT2D eigenvalue weighted by atomic mass is 10.1. The quantitative estimate of drug-likeness (QED) is 0.747. The van der Waals surface area contributed by atoms with Crippen LogP contribution >= 0.6 is 0 Å². The molecule has 0 bridgehead atoms. The number of hydrogen-bond acceptors (Lipinski definition) is 3. The normalized spacial score (nSPS) is 25.2. The van der Waals surface area contributed by atoms with Crippen LogP contribution in [0.1, 0.15) is 19.8 Å². The molecular formula is C12H27N3. The summed E-state index contributed by atoms with van der Waals surface area (Å²) in [7, 11) is 4.31. The van der Waals surface area contributed by atoms with Gasteiger partial charge in [0.1, 0.15) is 0 Å². The van der Waals surface area contributed by atoms with E-state index in [0.717, 1.165) is 5.92 Å². The monoisotopic (exact) mass is 213 g/mol. The minimum absolute atomic E-state index is 0.796. The van der Waals surface area contributed by atoms with Crippen molar-refractivity contribution in [3.8, 4) is 0 Å². The summed E-state index contributed by atoms with van der Waals surface area (Å²) in [6.07, 6.45) is 2.60.